The lowest BCUT2D eigenvalue weighted by Gasteiger charge is -2.27. The standard InChI is InChI=1S/C25H24N4O2/c30-23(17-29-22-11-5-9-19-8-4-10-21(24(19)22)25(29)31)27-26-20-12-14-28(15-13-20)16-18-6-2-1-3-7-18/h1-11H,12-17H2,(H,27,30). The highest BCUT2D eigenvalue weighted by molar-refractivity contribution is 6.26. The molecule has 0 atom stereocenters. The SMILES string of the molecule is O=C(CN1C(=O)c2cccc3cccc1c23)NN=C1CCN(Cc2ccccc2)CC1. The van der Waals surface area contributed by atoms with Gasteiger partial charge in [0.25, 0.3) is 11.8 Å². The number of anilines is 1. The van der Waals surface area contributed by atoms with E-state index in [0.717, 1.165) is 54.6 Å². The lowest BCUT2D eigenvalue weighted by atomic mass is 10.1. The molecular formula is C25H24N4O2. The molecule has 2 amide bonds. The van der Waals surface area contributed by atoms with Gasteiger partial charge in [0, 0.05) is 49.1 Å². The molecule has 1 N–H and O–H groups in total. The number of likely N-dealkylation sites (tertiary alicyclic amines) is 1. The Hall–Kier alpha value is -3.51. The summed E-state index contributed by atoms with van der Waals surface area (Å²) in [7, 11) is 0. The third-order valence-corrected chi connectivity index (χ3v) is 5.97. The van der Waals surface area contributed by atoms with Gasteiger partial charge in [-0.1, -0.05) is 54.6 Å². The molecule has 0 aliphatic carbocycles. The van der Waals surface area contributed by atoms with E-state index >= 15 is 0 Å². The van der Waals surface area contributed by atoms with Gasteiger partial charge in [-0.25, -0.2) is 5.43 Å². The molecule has 3 aromatic carbocycles. The number of hydrazone groups is 1. The first-order valence-corrected chi connectivity index (χ1v) is 10.6. The monoisotopic (exact) mass is 412 g/mol. The molecule has 0 aromatic heterocycles. The van der Waals surface area contributed by atoms with Crippen LogP contribution in [-0.4, -0.2) is 42.1 Å². The minimum Gasteiger partial charge on any atom is -0.298 e. The number of piperidine rings is 1. The second kappa shape index (κ2) is 8.32. The number of hydrogen-bond donors (Lipinski definition) is 1. The number of carbonyl (C=O) groups is 2. The van der Waals surface area contributed by atoms with Crippen LogP contribution >= 0.6 is 0 Å². The molecule has 156 valence electrons. The van der Waals surface area contributed by atoms with Crippen molar-refractivity contribution in [3.63, 3.8) is 0 Å². The summed E-state index contributed by atoms with van der Waals surface area (Å²) in [6.45, 7) is 2.74. The minimum atomic E-state index is -0.280. The van der Waals surface area contributed by atoms with Crippen LogP contribution in [0.3, 0.4) is 0 Å². The Labute approximate surface area is 181 Å². The molecule has 2 aliphatic heterocycles. The molecule has 3 aromatic rings. The summed E-state index contributed by atoms with van der Waals surface area (Å²) < 4.78 is 0. The molecule has 0 spiro atoms. The summed E-state index contributed by atoms with van der Waals surface area (Å²) in [5.74, 6) is -0.416. The topological polar surface area (TPSA) is 65.0 Å². The quantitative estimate of drug-likeness (QED) is 0.652. The summed E-state index contributed by atoms with van der Waals surface area (Å²) in [5, 5.41) is 6.27. The van der Waals surface area contributed by atoms with Gasteiger partial charge in [0.1, 0.15) is 6.54 Å². The molecule has 6 nitrogen and oxygen atoms in total. The van der Waals surface area contributed by atoms with Gasteiger partial charge >= 0.3 is 0 Å². The first-order chi connectivity index (χ1) is 15.2. The maximum atomic E-state index is 12.8. The number of hydrogen-bond acceptors (Lipinski definition) is 4. The van der Waals surface area contributed by atoms with E-state index < -0.39 is 0 Å². The highest BCUT2D eigenvalue weighted by Crippen LogP contribution is 2.36. The van der Waals surface area contributed by atoms with Gasteiger partial charge in [0.2, 0.25) is 0 Å². The van der Waals surface area contributed by atoms with Crippen molar-refractivity contribution in [2.45, 2.75) is 19.4 Å². The molecule has 0 radical (unpaired) electrons. The summed E-state index contributed by atoms with van der Waals surface area (Å²) in [6.07, 6.45) is 1.67. The predicted octanol–water partition coefficient (Wildman–Crippen LogP) is 3.57. The van der Waals surface area contributed by atoms with Gasteiger partial charge in [-0.05, 0) is 23.1 Å². The Balaban J connectivity index is 1.17. The van der Waals surface area contributed by atoms with Gasteiger partial charge < -0.3 is 0 Å². The molecular weight excluding hydrogens is 388 g/mol. The molecule has 1 fully saturated rings. The van der Waals surface area contributed by atoms with Crippen molar-refractivity contribution >= 4 is 34.0 Å². The highest BCUT2D eigenvalue weighted by atomic mass is 16.2. The van der Waals surface area contributed by atoms with E-state index in [1.54, 1.807) is 0 Å². The van der Waals surface area contributed by atoms with Gasteiger partial charge in [0.15, 0.2) is 0 Å². The van der Waals surface area contributed by atoms with Gasteiger partial charge in [-0.15, -0.1) is 0 Å². The number of carbonyl (C=O) groups excluding carboxylic acids is 2. The molecule has 0 unspecified atom stereocenters. The van der Waals surface area contributed by atoms with Crippen molar-refractivity contribution in [3.8, 4) is 0 Å². The third-order valence-electron chi connectivity index (χ3n) is 5.97. The lowest BCUT2D eigenvalue weighted by Crippen LogP contribution is -2.38. The number of rotatable bonds is 5. The van der Waals surface area contributed by atoms with E-state index in [9.17, 15) is 9.59 Å². The Morgan fingerprint density at radius 3 is 2.45 bits per heavy atom. The molecule has 1 saturated heterocycles. The van der Waals surface area contributed by atoms with Crippen LogP contribution in [0.4, 0.5) is 5.69 Å². The largest absolute Gasteiger partial charge is 0.298 e. The second-order valence-electron chi connectivity index (χ2n) is 8.05. The molecule has 0 saturated carbocycles. The molecule has 2 aliphatic rings. The van der Waals surface area contributed by atoms with Crippen LogP contribution < -0.4 is 10.3 Å². The van der Waals surface area contributed by atoms with Crippen LogP contribution in [0, 0.1) is 0 Å². The third kappa shape index (κ3) is 3.94. The highest BCUT2D eigenvalue weighted by Gasteiger charge is 2.30. The van der Waals surface area contributed by atoms with Crippen LogP contribution in [0.2, 0.25) is 0 Å². The van der Waals surface area contributed by atoms with Gasteiger partial charge in [-0.3, -0.25) is 19.4 Å². The van der Waals surface area contributed by atoms with E-state index in [0.29, 0.717) is 5.56 Å². The van der Waals surface area contributed by atoms with Gasteiger partial charge in [-0.2, -0.15) is 5.10 Å². The zero-order valence-corrected chi connectivity index (χ0v) is 17.3. The van der Waals surface area contributed by atoms with Crippen molar-refractivity contribution < 1.29 is 9.59 Å². The zero-order chi connectivity index (χ0) is 21.2. The first kappa shape index (κ1) is 19.5. The number of amides is 2. The van der Waals surface area contributed by atoms with E-state index in [1.165, 1.54) is 10.5 Å². The van der Waals surface area contributed by atoms with Crippen molar-refractivity contribution in [2.75, 3.05) is 24.5 Å². The maximum Gasteiger partial charge on any atom is 0.260 e. The van der Waals surface area contributed by atoms with Crippen LogP contribution in [0.1, 0.15) is 28.8 Å². The summed E-state index contributed by atoms with van der Waals surface area (Å²) in [6, 6.07) is 21.9. The van der Waals surface area contributed by atoms with Crippen molar-refractivity contribution in [3.05, 3.63) is 77.9 Å². The Morgan fingerprint density at radius 1 is 0.935 bits per heavy atom. The average molecular weight is 412 g/mol. The predicted molar refractivity (Wildman–Crippen MR) is 122 cm³/mol. The smallest absolute Gasteiger partial charge is 0.260 e. The van der Waals surface area contributed by atoms with Crippen LogP contribution in [0.25, 0.3) is 10.8 Å². The number of nitrogens with zero attached hydrogens (tertiary/aromatic N) is 3. The first-order valence-electron chi connectivity index (χ1n) is 10.6. The molecule has 2 heterocycles. The lowest BCUT2D eigenvalue weighted by molar-refractivity contribution is -0.119. The molecule has 6 heteroatoms. The summed E-state index contributed by atoms with van der Waals surface area (Å²) in [5.41, 5.74) is 6.40. The maximum absolute atomic E-state index is 12.8. The van der Waals surface area contributed by atoms with E-state index in [4.69, 9.17) is 0 Å². The molecule has 5 rings (SSSR count). The average Bonchev–Trinajstić information content (AvgIpc) is 3.07. The van der Waals surface area contributed by atoms with Crippen LogP contribution in [0.5, 0.6) is 0 Å². The van der Waals surface area contributed by atoms with Crippen LogP contribution in [0.15, 0.2) is 71.8 Å². The van der Waals surface area contributed by atoms with Gasteiger partial charge in [0.05, 0.1) is 5.69 Å². The summed E-state index contributed by atoms with van der Waals surface area (Å²) in [4.78, 5) is 29.3. The fourth-order valence-corrected chi connectivity index (χ4v) is 4.38. The van der Waals surface area contributed by atoms with Crippen molar-refractivity contribution in [1.29, 1.82) is 0 Å². The van der Waals surface area contributed by atoms with Crippen molar-refractivity contribution in [2.24, 2.45) is 5.10 Å². The minimum absolute atomic E-state index is 0.0382. The molecule has 0 bridgehead atoms. The number of benzene rings is 3. The fourth-order valence-electron chi connectivity index (χ4n) is 4.38. The van der Waals surface area contributed by atoms with E-state index in [-0.39, 0.29) is 18.4 Å². The Bertz CT molecular complexity index is 1160. The van der Waals surface area contributed by atoms with E-state index in [1.807, 2.05) is 42.5 Å². The Kier molecular flexibility index (Phi) is 5.22. The Morgan fingerprint density at radius 2 is 1.68 bits per heavy atom. The van der Waals surface area contributed by atoms with Crippen LogP contribution in [-0.2, 0) is 11.3 Å². The van der Waals surface area contributed by atoms with E-state index in [2.05, 4.69) is 39.7 Å². The molecule has 31 heavy (non-hydrogen) atoms. The zero-order valence-electron chi connectivity index (χ0n) is 17.3. The van der Waals surface area contributed by atoms with Crippen molar-refractivity contribution in [1.82, 2.24) is 10.3 Å². The fraction of sp³-hybridized carbons (Fsp3) is 0.240. The normalized spacial score (nSPS) is 16.1. The summed E-state index contributed by atoms with van der Waals surface area (Å²) >= 11 is 0. The number of nitrogens with one attached hydrogen (secondary N) is 1. The second-order valence-corrected chi connectivity index (χ2v) is 8.05.